The third kappa shape index (κ3) is 4.16. The van der Waals surface area contributed by atoms with Gasteiger partial charge in [0.2, 0.25) is 5.13 Å². The standard InChI is InChI=1S/C11H16N4O3S/c1-2-8-13-14-10(19-8)12-11(18)15(6-9(16)17)5-7-3-4-7/h7H,2-6H2,1H3,(H,16,17)(H,12,14,18). The number of amides is 2. The number of carbonyl (C=O) groups is 2. The van der Waals surface area contributed by atoms with E-state index in [1.165, 1.54) is 16.2 Å². The predicted octanol–water partition coefficient (Wildman–Crippen LogP) is 1.43. The van der Waals surface area contributed by atoms with Gasteiger partial charge >= 0.3 is 12.0 Å². The zero-order chi connectivity index (χ0) is 13.8. The van der Waals surface area contributed by atoms with Crippen molar-refractivity contribution in [1.29, 1.82) is 0 Å². The number of carbonyl (C=O) groups excluding carboxylic acids is 1. The normalized spacial score (nSPS) is 14.2. The maximum atomic E-state index is 12.0. The molecule has 1 aliphatic carbocycles. The Hall–Kier alpha value is -1.70. The van der Waals surface area contributed by atoms with Crippen LogP contribution < -0.4 is 5.32 Å². The summed E-state index contributed by atoms with van der Waals surface area (Å²) < 4.78 is 0. The van der Waals surface area contributed by atoms with Gasteiger partial charge in [-0.3, -0.25) is 10.1 Å². The Balaban J connectivity index is 1.95. The van der Waals surface area contributed by atoms with E-state index in [2.05, 4.69) is 15.5 Å². The van der Waals surface area contributed by atoms with Crippen LogP contribution in [0.15, 0.2) is 0 Å². The van der Waals surface area contributed by atoms with E-state index in [1.54, 1.807) is 0 Å². The summed E-state index contributed by atoms with van der Waals surface area (Å²) in [6, 6.07) is -0.423. The van der Waals surface area contributed by atoms with E-state index in [0.717, 1.165) is 24.3 Å². The fourth-order valence-corrected chi connectivity index (χ4v) is 2.28. The molecule has 0 bridgehead atoms. The molecule has 1 saturated carbocycles. The zero-order valence-electron chi connectivity index (χ0n) is 10.6. The van der Waals surface area contributed by atoms with E-state index >= 15 is 0 Å². The fourth-order valence-electron chi connectivity index (χ4n) is 1.61. The number of nitrogens with zero attached hydrogens (tertiary/aromatic N) is 3. The summed E-state index contributed by atoms with van der Waals surface area (Å²) in [6.07, 6.45) is 2.87. The minimum Gasteiger partial charge on any atom is -0.480 e. The second-order valence-corrected chi connectivity index (χ2v) is 5.56. The molecule has 0 radical (unpaired) electrons. The highest BCUT2D eigenvalue weighted by Gasteiger charge is 2.28. The van der Waals surface area contributed by atoms with Crippen LogP contribution >= 0.6 is 11.3 Å². The third-order valence-electron chi connectivity index (χ3n) is 2.77. The average molecular weight is 284 g/mol. The average Bonchev–Trinajstić information content (AvgIpc) is 3.05. The maximum absolute atomic E-state index is 12.0. The highest BCUT2D eigenvalue weighted by Crippen LogP contribution is 2.29. The van der Waals surface area contributed by atoms with Crippen molar-refractivity contribution in [1.82, 2.24) is 15.1 Å². The van der Waals surface area contributed by atoms with Gasteiger partial charge < -0.3 is 10.0 Å². The number of aromatic nitrogens is 2. The summed E-state index contributed by atoms with van der Waals surface area (Å²) in [5, 5.41) is 20.4. The third-order valence-corrected chi connectivity index (χ3v) is 3.76. The fraction of sp³-hybridized carbons (Fsp3) is 0.636. The Bertz CT molecular complexity index is 472. The molecule has 19 heavy (non-hydrogen) atoms. The number of aliphatic carboxylic acids is 1. The van der Waals surface area contributed by atoms with Gasteiger partial charge in [0.25, 0.3) is 0 Å². The predicted molar refractivity (Wildman–Crippen MR) is 70.2 cm³/mol. The molecule has 0 aromatic carbocycles. The van der Waals surface area contributed by atoms with E-state index < -0.39 is 12.0 Å². The summed E-state index contributed by atoms with van der Waals surface area (Å²) in [6.45, 7) is 2.15. The number of carboxylic acids is 1. The minimum absolute atomic E-state index is 0.290. The van der Waals surface area contributed by atoms with E-state index in [4.69, 9.17) is 5.11 Å². The molecule has 8 heteroatoms. The van der Waals surface area contributed by atoms with Crippen molar-refractivity contribution in [3.63, 3.8) is 0 Å². The topological polar surface area (TPSA) is 95.4 Å². The van der Waals surface area contributed by atoms with Crippen LogP contribution in [-0.2, 0) is 11.2 Å². The van der Waals surface area contributed by atoms with Crippen molar-refractivity contribution >= 4 is 28.5 Å². The lowest BCUT2D eigenvalue weighted by molar-refractivity contribution is -0.137. The molecular formula is C11H16N4O3S. The van der Waals surface area contributed by atoms with Crippen LogP contribution in [0, 0.1) is 5.92 Å². The highest BCUT2D eigenvalue weighted by atomic mass is 32.1. The largest absolute Gasteiger partial charge is 0.480 e. The number of anilines is 1. The van der Waals surface area contributed by atoms with Gasteiger partial charge in [-0.2, -0.15) is 0 Å². The second kappa shape index (κ2) is 5.96. The Labute approximate surface area is 114 Å². The Kier molecular flexibility index (Phi) is 4.31. The van der Waals surface area contributed by atoms with Crippen LogP contribution in [0.5, 0.6) is 0 Å². The first-order chi connectivity index (χ1) is 9.08. The first kappa shape index (κ1) is 13.7. The van der Waals surface area contributed by atoms with Crippen molar-refractivity contribution in [2.75, 3.05) is 18.4 Å². The first-order valence-corrected chi connectivity index (χ1v) is 7.00. The number of hydrogen-bond acceptors (Lipinski definition) is 5. The first-order valence-electron chi connectivity index (χ1n) is 6.18. The summed E-state index contributed by atoms with van der Waals surface area (Å²) >= 11 is 1.30. The maximum Gasteiger partial charge on any atom is 0.324 e. The lowest BCUT2D eigenvalue weighted by atomic mass is 10.4. The molecule has 2 N–H and O–H groups in total. The highest BCUT2D eigenvalue weighted by molar-refractivity contribution is 7.15. The van der Waals surface area contributed by atoms with Crippen LogP contribution in [0.3, 0.4) is 0 Å². The number of aryl methyl sites for hydroxylation is 1. The van der Waals surface area contributed by atoms with Crippen LogP contribution in [0.1, 0.15) is 24.8 Å². The van der Waals surface area contributed by atoms with Gasteiger partial charge in [0.15, 0.2) is 0 Å². The summed E-state index contributed by atoms with van der Waals surface area (Å²) in [5.74, 6) is -0.576. The lowest BCUT2D eigenvalue weighted by Gasteiger charge is -2.19. The van der Waals surface area contributed by atoms with Gasteiger partial charge in [0, 0.05) is 6.54 Å². The molecule has 7 nitrogen and oxygen atoms in total. The number of nitrogens with one attached hydrogen (secondary N) is 1. The quantitative estimate of drug-likeness (QED) is 0.824. The number of urea groups is 1. The van der Waals surface area contributed by atoms with Gasteiger partial charge in [-0.25, -0.2) is 4.79 Å². The minimum atomic E-state index is -1.01. The molecule has 104 valence electrons. The summed E-state index contributed by atoms with van der Waals surface area (Å²) in [7, 11) is 0. The van der Waals surface area contributed by atoms with Crippen molar-refractivity contribution in [2.45, 2.75) is 26.2 Å². The molecule has 2 amide bonds. The molecule has 1 heterocycles. The molecule has 0 atom stereocenters. The number of rotatable bonds is 6. The molecule has 0 aliphatic heterocycles. The monoisotopic (exact) mass is 284 g/mol. The van der Waals surface area contributed by atoms with Crippen molar-refractivity contribution in [2.24, 2.45) is 5.92 Å². The molecule has 1 fully saturated rings. The van der Waals surface area contributed by atoms with Gasteiger partial charge in [-0.15, -0.1) is 10.2 Å². The van der Waals surface area contributed by atoms with E-state index in [-0.39, 0.29) is 6.54 Å². The van der Waals surface area contributed by atoms with Crippen molar-refractivity contribution in [3.8, 4) is 0 Å². The van der Waals surface area contributed by atoms with Gasteiger partial charge in [-0.1, -0.05) is 18.3 Å². The molecule has 0 unspecified atom stereocenters. The second-order valence-electron chi connectivity index (χ2n) is 4.50. The van der Waals surface area contributed by atoms with Crippen molar-refractivity contribution in [3.05, 3.63) is 5.01 Å². The molecule has 1 aliphatic rings. The van der Waals surface area contributed by atoms with E-state index in [0.29, 0.717) is 17.6 Å². The van der Waals surface area contributed by atoms with Crippen LogP contribution in [0.2, 0.25) is 0 Å². The van der Waals surface area contributed by atoms with E-state index in [9.17, 15) is 9.59 Å². The van der Waals surface area contributed by atoms with Crippen LogP contribution in [0.4, 0.5) is 9.93 Å². The lowest BCUT2D eigenvalue weighted by Crippen LogP contribution is -2.40. The summed E-state index contributed by atoms with van der Waals surface area (Å²) in [4.78, 5) is 24.1. The number of carboxylic acid groups (broad SMARTS) is 1. The van der Waals surface area contributed by atoms with Gasteiger partial charge in [-0.05, 0) is 25.2 Å². The van der Waals surface area contributed by atoms with Crippen molar-refractivity contribution < 1.29 is 14.7 Å². The van der Waals surface area contributed by atoms with Gasteiger partial charge in [0.1, 0.15) is 11.6 Å². The Morgan fingerprint density at radius 1 is 1.47 bits per heavy atom. The van der Waals surface area contributed by atoms with Crippen LogP contribution in [0.25, 0.3) is 0 Å². The molecule has 0 spiro atoms. The SMILES string of the molecule is CCc1nnc(NC(=O)N(CC(=O)O)CC2CC2)s1. The smallest absolute Gasteiger partial charge is 0.324 e. The number of hydrogen-bond donors (Lipinski definition) is 2. The van der Waals surface area contributed by atoms with Gasteiger partial charge in [0.05, 0.1) is 0 Å². The molecule has 1 aromatic heterocycles. The molecule has 1 aromatic rings. The van der Waals surface area contributed by atoms with Crippen LogP contribution in [-0.4, -0.2) is 45.3 Å². The molecule has 0 saturated heterocycles. The zero-order valence-corrected chi connectivity index (χ0v) is 11.4. The Morgan fingerprint density at radius 3 is 2.74 bits per heavy atom. The molecule has 2 rings (SSSR count). The summed E-state index contributed by atoms with van der Waals surface area (Å²) in [5.41, 5.74) is 0. The molecular weight excluding hydrogens is 268 g/mol. The Morgan fingerprint density at radius 2 is 2.21 bits per heavy atom. The van der Waals surface area contributed by atoms with E-state index in [1.807, 2.05) is 6.92 Å².